The molecule has 2 N–H and O–H groups in total. The molecule has 0 saturated carbocycles. The van der Waals surface area contributed by atoms with Gasteiger partial charge < -0.3 is 29.4 Å². The molecule has 0 bridgehead atoms. The second-order valence-electron chi connectivity index (χ2n) is 10.2. The Bertz CT molecular complexity index is 1800. The van der Waals surface area contributed by atoms with Crippen molar-refractivity contribution in [2.45, 2.75) is 31.2 Å². The number of rotatable bonds is 14. The van der Waals surface area contributed by atoms with Gasteiger partial charge in [-0.25, -0.2) is 14.4 Å². The number of nitrogens with zero attached hydrogens (tertiary/aromatic N) is 5. The molecule has 14 heteroatoms. The molecule has 5 rings (SSSR count). The van der Waals surface area contributed by atoms with Crippen LogP contribution in [0.3, 0.4) is 0 Å². The maximum absolute atomic E-state index is 14.7. The van der Waals surface area contributed by atoms with Crippen LogP contribution >= 0.6 is 23.4 Å². The Hall–Kier alpha value is -4.46. The summed E-state index contributed by atoms with van der Waals surface area (Å²) in [5.74, 6) is 1.31. The topological polar surface area (TPSA) is 127 Å². The minimum Gasteiger partial charge on any atom is -0.497 e. The first-order valence-electron chi connectivity index (χ1n) is 14.3. The average molecular weight is 666 g/mol. The van der Waals surface area contributed by atoms with E-state index in [-0.39, 0.29) is 34.6 Å². The average Bonchev–Trinajstić information content (AvgIpc) is 3.08. The first kappa shape index (κ1) is 32.9. The number of ether oxygens (including phenoxy) is 3. The van der Waals surface area contributed by atoms with E-state index in [1.165, 1.54) is 11.8 Å². The quantitative estimate of drug-likeness (QED) is 0.0668. The number of aromatic nitrogens is 5. The predicted molar refractivity (Wildman–Crippen MR) is 177 cm³/mol. The molecular weight excluding hydrogens is 633 g/mol. The zero-order chi connectivity index (χ0) is 32.6. The Morgan fingerprint density at radius 1 is 0.978 bits per heavy atom. The fraction of sp³-hybridized carbons (Fsp3) is 0.281. The molecule has 11 nitrogen and oxygen atoms in total. The van der Waals surface area contributed by atoms with E-state index in [9.17, 15) is 9.18 Å². The van der Waals surface area contributed by atoms with E-state index >= 15 is 0 Å². The Morgan fingerprint density at radius 2 is 1.59 bits per heavy atom. The number of halogens is 2. The molecule has 2 aromatic carbocycles. The first-order valence-corrected chi connectivity index (χ1v) is 15.9. The maximum atomic E-state index is 14.7. The Labute approximate surface area is 274 Å². The molecule has 3 heterocycles. The summed E-state index contributed by atoms with van der Waals surface area (Å²) in [5, 5.41) is 3.14. The number of nitrogens with one attached hydrogen (secondary N) is 2. The van der Waals surface area contributed by atoms with Gasteiger partial charge in [0.05, 0.1) is 26.0 Å². The third kappa shape index (κ3) is 7.66. The van der Waals surface area contributed by atoms with Gasteiger partial charge in [-0.1, -0.05) is 47.6 Å². The summed E-state index contributed by atoms with van der Waals surface area (Å²) in [6.45, 7) is 3.58. The minimum atomic E-state index is -0.874. The molecule has 1 atom stereocenters. The second-order valence-corrected chi connectivity index (χ2v) is 11.3. The van der Waals surface area contributed by atoms with Crippen LogP contribution in [0.25, 0.3) is 10.9 Å². The van der Waals surface area contributed by atoms with E-state index in [1.807, 2.05) is 55.5 Å². The summed E-state index contributed by atoms with van der Waals surface area (Å²) in [4.78, 5) is 35.0. The molecule has 0 aliphatic heterocycles. The van der Waals surface area contributed by atoms with Crippen molar-refractivity contribution < 1.29 is 18.6 Å². The molecule has 0 spiro atoms. The van der Waals surface area contributed by atoms with Crippen LogP contribution in [0, 0.1) is 5.82 Å². The summed E-state index contributed by atoms with van der Waals surface area (Å²) in [6, 6.07) is 15.6. The van der Waals surface area contributed by atoms with Gasteiger partial charge in [0.1, 0.15) is 29.0 Å². The fourth-order valence-corrected chi connectivity index (χ4v) is 5.37. The number of H-pyrrole nitrogens is 1. The number of pyridine rings is 1. The smallest absolute Gasteiger partial charge is 0.265 e. The van der Waals surface area contributed by atoms with E-state index < -0.39 is 16.5 Å². The van der Waals surface area contributed by atoms with Crippen LogP contribution in [0.15, 0.2) is 70.9 Å². The highest BCUT2D eigenvalue weighted by molar-refractivity contribution is 7.98. The lowest BCUT2D eigenvalue weighted by Gasteiger charge is -2.27. The van der Waals surface area contributed by atoms with E-state index in [0.717, 1.165) is 34.1 Å². The Kier molecular flexibility index (Phi) is 10.9. The fourth-order valence-electron chi connectivity index (χ4n) is 4.82. The van der Waals surface area contributed by atoms with Gasteiger partial charge in [0.2, 0.25) is 5.88 Å². The highest BCUT2D eigenvalue weighted by atomic mass is 35.5. The van der Waals surface area contributed by atoms with Gasteiger partial charge in [-0.05, 0) is 48.6 Å². The molecule has 0 radical (unpaired) electrons. The third-order valence-electron chi connectivity index (χ3n) is 7.17. The number of aromatic amines is 1. The summed E-state index contributed by atoms with van der Waals surface area (Å²) in [6.07, 6.45) is 5.05. The third-order valence-corrected chi connectivity index (χ3v) is 8.00. The number of thioether (sulfide) groups is 1. The highest BCUT2D eigenvalue weighted by Crippen LogP contribution is 2.29. The van der Waals surface area contributed by atoms with E-state index in [0.29, 0.717) is 19.6 Å². The monoisotopic (exact) mass is 665 g/mol. The van der Waals surface area contributed by atoms with Crippen molar-refractivity contribution in [2.24, 2.45) is 0 Å². The van der Waals surface area contributed by atoms with Gasteiger partial charge in [0.25, 0.3) is 5.56 Å². The normalized spacial score (nSPS) is 11.8. The summed E-state index contributed by atoms with van der Waals surface area (Å²) >= 11 is 7.18. The minimum absolute atomic E-state index is 0.0948. The Morgan fingerprint density at radius 3 is 2.17 bits per heavy atom. The van der Waals surface area contributed by atoms with Crippen LogP contribution in [0.2, 0.25) is 5.15 Å². The summed E-state index contributed by atoms with van der Waals surface area (Å²) in [7, 11) is 3.28. The number of methoxy groups -OCH3 is 2. The van der Waals surface area contributed by atoms with Crippen molar-refractivity contribution in [2.75, 3.05) is 38.5 Å². The maximum Gasteiger partial charge on any atom is 0.265 e. The van der Waals surface area contributed by atoms with Gasteiger partial charge >= 0.3 is 0 Å². The largest absolute Gasteiger partial charge is 0.497 e. The van der Waals surface area contributed by atoms with Crippen molar-refractivity contribution in [3.63, 3.8) is 0 Å². The molecule has 46 heavy (non-hydrogen) atoms. The zero-order valence-electron chi connectivity index (χ0n) is 25.7. The number of benzene rings is 2. The lowest BCUT2D eigenvalue weighted by molar-refractivity contribution is 0.299. The molecule has 0 aliphatic rings. The standard InChI is InChI=1S/C32H33ClFN7O4S/c1-19(35-15-16-45-31-24-27(25(34)28(33)39-31)38-32(46-4)40-30(24)42)26-29(37-14-13-36-26)41(17-20-5-9-22(43-2)10-6-20)18-21-7-11-23(44-3)12-8-21/h5-14,19,35H,15-18H2,1-4H3,(H,38,40,42). The van der Waals surface area contributed by atoms with Gasteiger partial charge in [-0.15, -0.1) is 0 Å². The molecule has 3 aromatic heterocycles. The van der Waals surface area contributed by atoms with E-state index in [2.05, 4.69) is 30.2 Å². The van der Waals surface area contributed by atoms with Crippen molar-refractivity contribution in [1.29, 1.82) is 0 Å². The van der Waals surface area contributed by atoms with Crippen LogP contribution < -0.4 is 30.0 Å². The summed E-state index contributed by atoms with van der Waals surface area (Å²) in [5.41, 5.74) is 2.14. The van der Waals surface area contributed by atoms with Gasteiger partial charge in [0, 0.05) is 32.0 Å². The van der Waals surface area contributed by atoms with Crippen LogP contribution in [0.1, 0.15) is 29.8 Å². The van der Waals surface area contributed by atoms with E-state index in [4.69, 9.17) is 30.8 Å². The molecule has 0 saturated heterocycles. The van der Waals surface area contributed by atoms with Crippen LogP contribution in [0.4, 0.5) is 10.2 Å². The van der Waals surface area contributed by atoms with Crippen LogP contribution in [-0.4, -0.2) is 58.5 Å². The zero-order valence-corrected chi connectivity index (χ0v) is 27.3. The van der Waals surface area contributed by atoms with Gasteiger partial charge in [0.15, 0.2) is 21.9 Å². The van der Waals surface area contributed by atoms with Gasteiger partial charge in [-0.2, -0.15) is 4.98 Å². The van der Waals surface area contributed by atoms with Crippen molar-refractivity contribution in [3.8, 4) is 17.4 Å². The van der Waals surface area contributed by atoms with Crippen LogP contribution in [0.5, 0.6) is 17.4 Å². The van der Waals surface area contributed by atoms with Crippen LogP contribution in [-0.2, 0) is 13.1 Å². The first-order chi connectivity index (χ1) is 22.3. The predicted octanol–water partition coefficient (Wildman–Crippen LogP) is 5.58. The molecule has 0 fully saturated rings. The molecule has 0 amide bonds. The highest BCUT2D eigenvalue weighted by Gasteiger charge is 2.21. The van der Waals surface area contributed by atoms with E-state index in [1.54, 1.807) is 32.9 Å². The lowest BCUT2D eigenvalue weighted by atomic mass is 10.1. The second kappa shape index (κ2) is 15.2. The van der Waals surface area contributed by atoms with Crippen molar-refractivity contribution in [3.05, 3.63) is 99.1 Å². The van der Waals surface area contributed by atoms with Gasteiger partial charge in [-0.3, -0.25) is 9.78 Å². The van der Waals surface area contributed by atoms with Crippen molar-refractivity contribution >= 4 is 40.1 Å². The SMILES string of the molecule is COc1ccc(CN(Cc2ccc(OC)cc2)c2nccnc2C(C)NCCOc2nc(Cl)c(F)c3nc(SC)[nH]c(=O)c23)cc1. The molecular formula is C32H33ClFN7O4S. The number of hydrogen-bond acceptors (Lipinski definition) is 11. The molecule has 0 aliphatic carbocycles. The Balaban J connectivity index is 1.33. The molecule has 1 unspecified atom stereocenters. The number of anilines is 1. The number of fused-ring (bicyclic) bond motifs is 1. The van der Waals surface area contributed by atoms with Crippen molar-refractivity contribution in [1.82, 2.24) is 30.2 Å². The molecule has 240 valence electrons. The lowest BCUT2D eigenvalue weighted by Crippen LogP contribution is -2.30. The summed E-state index contributed by atoms with van der Waals surface area (Å²) < 4.78 is 31.2. The molecule has 5 aromatic rings. The number of hydrogen-bond donors (Lipinski definition) is 2.